The van der Waals surface area contributed by atoms with Gasteiger partial charge in [-0.1, -0.05) is 15.9 Å². The molecule has 0 aliphatic heterocycles. The highest BCUT2D eigenvalue weighted by Gasteiger charge is 1.96. The van der Waals surface area contributed by atoms with Gasteiger partial charge < -0.3 is 10.1 Å². The van der Waals surface area contributed by atoms with Crippen LogP contribution in [0.3, 0.4) is 0 Å². The Morgan fingerprint density at radius 1 is 1.21 bits per heavy atom. The van der Waals surface area contributed by atoms with Crippen molar-refractivity contribution in [3.63, 3.8) is 0 Å². The van der Waals surface area contributed by atoms with E-state index in [2.05, 4.69) is 31.2 Å². The van der Waals surface area contributed by atoms with Gasteiger partial charge in [0.15, 0.2) is 0 Å². The SMILES string of the molecule is Cc1nccc(CNCCOc2ccc(Br)cc2)n1. The molecular formula is C14H16BrN3O. The van der Waals surface area contributed by atoms with Crippen molar-refractivity contribution in [1.82, 2.24) is 15.3 Å². The standard InChI is InChI=1S/C14H16BrN3O/c1-11-17-7-6-13(18-11)10-16-8-9-19-14-4-2-12(15)3-5-14/h2-7,16H,8-10H2,1H3. The Hall–Kier alpha value is -1.46. The van der Waals surface area contributed by atoms with Crippen LogP contribution in [0.25, 0.3) is 0 Å². The van der Waals surface area contributed by atoms with Crippen molar-refractivity contribution in [2.24, 2.45) is 0 Å². The zero-order chi connectivity index (χ0) is 13.5. The fourth-order valence-electron chi connectivity index (χ4n) is 1.59. The number of nitrogens with one attached hydrogen (secondary N) is 1. The van der Waals surface area contributed by atoms with Crippen LogP contribution in [-0.4, -0.2) is 23.1 Å². The first kappa shape index (κ1) is 14.0. The molecule has 1 aromatic carbocycles. The molecule has 0 atom stereocenters. The fraction of sp³-hybridized carbons (Fsp3) is 0.286. The van der Waals surface area contributed by atoms with E-state index in [0.29, 0.717) is 6.61 Å². The maximum Gasteiger partial charge on any atom is 0.125 e. The van der Waals surface area contributed by atoms with Crippen molar-refractivity contribution in [1.29, 1.82) is 0 Å². The van der Waals surface area contributed by atoms with Crippen molar-refractivity contribution < 1.29 is 4.74 Å². The summed E-state index contributed by atoms with van der Waals surface area (Å²) in [6.07, 6.45) is 1.78. The van der Waals surface area contributed by atoms with Gasteiger partial charge in [0.05, 0.1) is 5.69 Å². The van der Waals surface area contributed by atoms with Gasteiger partial charge in [0.25, 0.3) is 0 Å². The Balaban J connectivity index is 1.66. The van der Waals surface area contributed by atoms with Crippen molar-refractivity contribution in [2.75, 3.05) is 13.2 Å². The lowest BCUT2D eigenvalue weighted by molar-refractivity contribution is 0.313. The molecular weight excluding hydrogens is 306 g/mol. The van der Waals surface area contributed by atoms with Crippen molar-refractivity contribution in [2.45, 2.75) is 13.5 Å². The normalized spacial score (nSPS) is 10.4. The molecule has 0 spiro atoms. The lowest BCUT2D eigenvalue weighted by atomic mass is 10.3. The summed E-state index contributed by atoms with van der Waals surface area (Å²) in [5.74, 6) is 1.67. The molecule has 0 unspecified atom stereocenters. The molecule has 1 N–H and O–H groups in total. The van der Waals surface area contributed by atoms with E-state index in [-0.39, 0.29) is 0 Å². The van der Waals surface area contributed by atoms with Crippen LogP contribution in [0.2, 0.25) is 0 Å². The second-order valence-electron chi connectivity index (χ2n) is 4.07. The molecule has 5 heteroatoms. The number of benzene rings is 1. The molecule has 0 fully saturated rings. The molecule has 0 saturated heterocycles. The van der Waals surface area contributed by atoms with Crippen molar-refractivity contribution in [3.05, 3.63) is 52.5 Å². The summed E-state index contributed by atoms with van der Waals surface area (Å²) >= 11 is 3.39. The summed E-state index contributed by atoms with van der Waals surface area (Å²) in [6, 6.07) is 9.73. The summed E-state index contributed by atoms with van der Waals surface area (Å²) in [5.41, 5.74) is 0.996. The highest BCUT2D eigenvalue weighted by Crippen LogP contribution is 2.15. The minimum Gasteiger partial charge on any atom is -0.492 e. The molecule has 1 heterocycles. The van der Waals surface area contributed by atoms with Crippen LogP contribution in [0, 0.1) is 6.92 Å². The molecule has 0 aliphatic carbocycles. The number of ether oxygens (including phenoxy) is 1. The van der Waals surface area contributed by atoms with E-state index in [1.165, 1.54) is 0 Å². The van der Waals surface area contributed by atoms with Crippen LogP contribution in [-0.2, 0) is 6.54 Å². The molecule has 0 saturated carbocycles. The summed E-state index contributed by atoms with van der Waals surface area (Å²) < 4.78 is 6.66. The quantitative estimate of drug-likeness (QED) is 0.831. The summed E-state index contributed by atoms with van der Waals surface area (Å²) in [5, 5.41) is 3.29. The van der Waals surface area contributed by atoms with E-state index >= 15 is 0 Å². The Kier molecular flexibility index (Phi) is 5.30. The highest BCUT2D eigenvalue weighted by atomic mass is 79.9. The molecule has 2 aromatic rings. The Morgan fingerprint density at radius 3 is 2.74 bits per heavy atom. The highest BCUT2D eigenvalue weighted by molar-refractivity contribution is 9.10. The Labute approximate surface area is 121 Å². The van der Waals surface area contributed by atoms with Gasteiger partial charge in [0, 0.05) is 23.8 Å². The largest absolute Gasteiger partial charge is 0.492 e. The molecule has 0 bridgehead atoms. The van der Waals surface area contributed by atoms with Gasteiger partial charge in [-0.05, 0) is 37.3 Å². The first-order chi connectivity index (χ1) is 9.24. The first-order valence-corrected chi connectivity index (χ1v) is 6.91. The molecule has 0 aliphatic rings. The van der Waals surface area contributed by atoms with Gasteiger partial charge in [-0.3, -0.25) is 0 Å². The van der Waals surface area contributed by atoms with E-state index in [0.717, 1.165) is 34.8 Å². The van der Waals surface area contributed by atoms with Gasteiger partial charge in [-0.25, -0.2) is 9.97 Å². The lowest BCUT2D eigenvalue weighted by Gasteiger charge is -2.07. The van der Waals surface area contributed by atoms with Gasteiger partial charge >= 0.3 is 0 Å². The van der Waals surface area contributed by atoms with E-state index in [4.69, 9.17) is 4.74 Å². The maximum atomic E-state index is 5.61. The third kappa shape index (κ3) is 4.96. The Morgan fingerprint density at radius 2 is 2.00 bits per heavy atom. The van der Waals surface area contributed by atoms with Gasteiger partial charge in [0.2, 0.25) is 0 Å². The molecule has 100 valence electrons. The summed E-state index contributed by atoms with van der Waals surface area (Å²) in [6.45, 7) is 4.03. The third-order valence-corrected chi connectivity index (χ3v) is 3.03. The second kappa shape index (κ2) is 7.21. The van der Waals surface area contributed by atoms with Crippen LogP contribution in [0.1, 0.15) is 11.5 Å². The molecule has 1 aromatic heterocycles. The van der Waals surface area contributed by atoms with Crippen molar-refractivity contribution >= 4 is 15.9 Å². The number of aryl methyl sites for hydroxylation is 1. The number of halogens is 1. The molecule has 2 rings (SSSR count). The predicted octanol–water partition coefficient (Wildman–Crippen LogP) is 2.72. The van der Waals surface area contributed by atoms with Crippen LogP contribution < -0.4 is 10.1 Å². The fourth-order valence-corrected chi connectivity index (χ4v) is 1.86. The molecule has 19 heavy (non-hydrogen) atoms. The third-order valence-electron chi connectivity index (χ3n) is 2.50. The average Bonchev–Trinajstić information content (AvgIpc) is 2.41. The molecule has 0 amide bonds. The van der Waals surface area contributed by atoms with E-state index in [1.807, 2.05) is 37.3 Å². The first-order valence-electron chi connectivity index (χ1n) is 6.11. The van der Waals surface area contributed by atoms with E-state index in [1.54, 1.807) is 6.20 Å². The number of hydrogen-bond donors (Lipinski definition) is 1. The van der Waals surface area contributed by atoms with Gasteiger partial charge in [0.1, 0.15) is 18.2 Å². The summed E-state index contributed by atoms with van der Waals surface area (Å²) in [7, 11) is 0. The topological polar surface area (TPSA) is 47.0 Å². The molecule has 0 radical (unpaired) electrons. The van der Waals surface area contributed by atoms with E-state index < -0.39 is 0 Å². The lowest BCUT2D eigenvalue weighted by Crippen LogP contribution is -2.21. The minimum absolute atomic E-state index is 0.631. The monoisotopic (exact) mass is 321 g/mol. The second-order valence-corrected chi connectivity index (χ2v) is 4.99. The Bertz CT molecular complexity index is 516. The summed E-state index contributed by atoms with van der Waals surface area (Å²) in [4.78, 5) is 8.38. The zero-order valence-electron chi connectivity index (χ0n) is 10.8. The maximum absolute atomic E-state index is 5.61. The van der Waals surface area contributed by atoms with Gasteiger partial charge in [-0.2, -0.15) is 0 Å². The van der Waals surface area contributed by atoms with Gasteiger partial charge in [-0.15, -0.1) is 0 Å². The van der Waals surface area contributed by atoms with Crippen LogP contribution in [0.15, 0.2) is 41.0 Å². The van der Waals surface area contributed by atoms with Crippen LogP contribution >= 0.6 is 15.9 Å². The number of hydrogen-bond acceptors (Lipinski definition) is 4. The zero-order valence-corrected chi connectivity index (χ0v) is 12.4. The number of nitrogens with zero attached hydrogens (tertiary/aromatic N) is 2. The van der Waals surface area contributed by atoms with Crippen molar-refractivity contribution in [3.8, 4) is 5.75 Å². The van der Waals surface area contributed by atoms with Crippen LogP contribution in [0.4, 0.5) is 0 Å². The number of aromatic nitrogens is 2. The smallest absolute Gasteiger partial charge is 0.125 e. The molecule has 4 nitrogen and oxygen atoms in total. The van der Waals surface area contributed by atoms with E-state index in [9.17, 15) is 0 Å². The van der Waals surface area contributed by atoms with Crippen LogP contribution in [0.5, 0.6) is 5.75 Å². The minimum atomic E-state index is 0.631. The average molecular weight is 322 g/mol. The number of rotatable bonds is 6. The predicted molar refractivity (Wildman–Crippen MR) is 78.1 cm³/mol.